The first-order valence-corrected chi connectivity index (χ1v) is 7.49. The summed E-state index contributed by atoms with van der Waals surface area (Å²) in [6.45, 7) is -0.259. The molecular formula is C9H15N3O8S. The first kappa shape index (κ1) is 15.9. The maximum absolute atomic E-state index is 12.0. The molecule has 0 spiro atoms. The highest BCUT2D eigenvalue weighted by atomic mass is 32.3. The van der Waals surface area contributed by atoms with Gasteiger partial charge in [-0.15, -0.1) is 4.28 Å². The van der Waals surface area contributed by atoms with Gasteiger partial charge in [0, 0.05) is 6.54 Å². The van der Waals surface area contributed by atoms with Gasteiger partial charge in [-0.3, -0.25) is 14.2 Å². The van der Waals surface area contributed by atoms with Crippen LogP contribution in [0.3, 0.4) is 0 Å². The minimum atomic E-state index is -4.81. The molecule has 2 fully saturated rings. The summed E-state index contributed by atoms with van der Waals surface area (Å²) in [6, 6.07) is -2.21. The number of carbonyl (C=O) groups excluding carboxylic acids is 2. The molecule has 120 valence electrons. The van der Waals surface area contributed by atoms with Gasteiger partial charge >= 0.3 is 16.4 Å². The van der Waals surface area contributed by atoms with E-state index in [2.05, 4.69) is 14.6 Å². The monoisotopic (exact) mass is 325 g/mol. The second-order valence-corrected chi connectivity index (χ2v) is 5.55. The second kappa shape index (κ2) is 6.11. The van der Waals surface area contributed by atoms with Crippen molar-refractivity contribution in [2.24, 2.45) is 0 Å². The Hall–Kier alpha value is -1.47. The second-order valence-electron chi connectivity index (χ2n) is 4.55. The van der Waals surface area contributed by atoms with Crippen LogP contribution in [0.2, 0.25) is 0 Å². The molecule has 2 heterocycles. The summed E-state index contributed by atoms with van der Waals surface area (Å²) in [5.74, 6) is -0.580. The highest BCUT2D eigenvalue weighted by Crippen LogP contribution is 2.30. The smallest absolute Gasteiger partial charge is 0.394 e. The number of fused-ring (bicyclic) bond motifs is 2. The van der Waals surface area contributed by atoms with E-state index in [1.54, 1.807) is 0 Å². The van der Waals surface area contributed by atoms with Gasteiger partial charge in [-0.25, -0.2) is 10.3 Å². The Morgan fingerprint density at radius 3 is 2.76 bits per heavy atom. The van der Waals surface area contributed by atoms with Crippen molar-refractivity contribution in [2.45, 2.75) is 24.9 Å². The van der Waals surface area contributed by atoms with Gasteiger partial charge in [0.2, 0.25) is 0 Å². The van der Waals surface area contributed by atoms with Crippen LogP contribution in [0.5, 0.6) is 0 Å². The Morgan fingerprint density at radius 2 is 2.14 bits per heavy atom. The van der Waals surface area contributed by atoms with Crippen LogP contribution in [0, 0.1) is 0 Å². The average Bonchev–Trinajstić information content (AvgIpc) is 2.63. The summed E-state index contributed by atoms with van der Waals surface area (Å²) in [5.41, 5.74) is 2.10. The summed E-state index contributed by atoms with van der Waals surface area (Å²) >= 11 is 0. The maximum atomic E-state index is 12.0. The fourth-order valence-electron chi connectivity index (χ4n) is 2.34. The first-order valence-electron chi connectivity index (χ1n) is 6.13. The number of nitrogens with zero attached hydrogens (tertiary/aromatic N) is 2. The highest BCUT2D eigenvalue weighted by Gasteiger charge is 2.49. The lowest BCUT2D eigenvalue weighted by atomic mass is 10.0. The fourth-order valence-corrected chi connectivity index (χ4v) is 2.73. The molecule has 3 amide bonds. The molecule has 2 bridgehead atoms. The summed E-state index contributed by atoms with van der Waals surface area (Å²) < 4.78 is 34.3. The lowest BCUT2D eigenvalue weighted by molar-refractivity contribution is -0.139. The molecule has 2 aliphatic rings. The minimum Gasteiger partial charge on any atom is -0.394 e. The third-order valence-corrected chi connectivity index (χ3v) is 3.52. The van der Waals surface area contributed by atoms with Crippen LogP contribution in [0.1, 0.15) is 12.8 Å². The van der Waals surface area contributed by atoms with Crippen LogP contribution in [-0.4, -0.2) is 71.8 Å². The van der Waals surface area contributed by atoms with Gasteiger partial charge in [0.05, 0.1) is 19.3 Å². The molecule has 21 heavy (non-hydrogen) atoms. The molecular weight excluding hydrogens is 310 g/mol. The number of rotatable bonds is 6. The van der Waals surface area contributed by atoms with E-state index in [4.69, 9.17) is 9.66 Å². The van der Waals surface area contributed by atoms with Gasteiger partial charge in [0.1, 0.15) is 6.04 Å². The number of aliphatic hydroxyl groups excluding tert-OH is 1. The molecule has 0 radical (unpaired) electrons. The standard InChI is InChI=1S/C9H15N3O8S/c13-3-4-19-10-8(14)7-2-1-6-5-11(7)9(15)12(6)20-21(16,17)18/h6-7,13H,1-5H2,(H,10,14)(H,16,17,18)/t6-,7+/m0/s1. The molecule has 2 atom stereocenters. The summed E-state index contributed by atoms with van der Waals surface area (Å²) in [4.78, 5) is 29.7. The van der Waals surface area contributed by atoms with Crippen molar-refractivity contribution in [2.75, 3.05) is 19.8 Å². The molecule has 0 aromatic heterocycles. The van der Waals surface area contributed by atoms with Crippen molar-refractivity contribution < 1.29 is 36.8 Å². The quantitative estimate of drug-likeness (QED) is 0.289. The van der Waals surface area contributed by atoms with Crippen LogP contribution in [0.25, 0.3) is 0 Å². The van der Waals surface area contributed by atoms with E-state index in [9.17, 15) is 18.0 Å². The lowest BCUT2D eigenvalue weighted by Crippen LogP contribution is -2.49. The molecule has 11 nitrogen and oxygen atoms in total. The maximum Gasteiger partial charge on any atom is 0.418 e. The predicted octanol–water partition coefficient (Wildman–Crippen LogP) is -1.97. The van der Waals surface area contributed by atoms with E-state index in [0.29, 0.717) is 11.5 Å². The van der Waals surface area contributed by atoms with Gasteiger partial charge in [0.25, 0.3) is 5.91 Å². The molecule has 2 aliphatic heterocycles. The molecule has 2 saturated heterocycles. The number of nitrogens with one attached hydrogen (secondary N) is 1. The third kappa shape index (κ3) is 3.59. The number of hydroxylamine groups is 3. The molecule has 0 aromatic carbocycles. The summed E-state index contributed by atoms with van der Waals surface area (Å²) in [5, 5.41) is 9.09. The normalized spacial score (nSPS) is 25.3. The Morgan fingerprint density at radius 1 is 1.43 bits per heavy atom. The number of hydrogen-bond acceptors (Lipinski definition) is 7. The van der Waals surface area contributed by atoms with E-state index in [1.165, 1.54) is 0 Å². The number of urea groups is 1. The molecule has 0 unspecified atom stereocenters. The van der Waals surface area contributed by atoms with Crippen LogP contribution in [0.4, 0.5) is 4.79 Å². The number of aliphatic hydroxyl groups is 1. The first-order chi connectivity index (χ1) is 9.83. The van der Waals surface area contributed by atoms with Gasteiger partial charge in [-0.1, -0.05) is 0 Å². The Kier molecular flexibility index (Phi) is 4.63. The highest BCUT2D eigenvalue weighted by molar-refractivity contribution is 7.80. The molecule has 3 N–H and O–H groups in total. The van der Waals surface area contributed by atoms with Crippen LogP contribution >= 0.6 is 0 Å². The van der Waals surface area contributed by atoms with E-state index >= 15 is 0 Å². The summed E-state index contributed by atoms with van der Waals surface area (Å²) in [6.07, 6.45) is 0.617. The van der Waals surface area contributed by atoms with Crippen molar-refractivity contribution >= 4 is 22.3 Å². The fraction of sp³-hybridized carbons (Fsp3) is 0.778. The Balaban J connectivity index is 2.01. The Labute approximate surface area is 120 Å². The summed E-state index contributed by atoms with van der Waals surface area (Å²) in [7, 11) is -4.81. The van der Waals surface area contributed by atoms with Crippen LogP contribution in [-0.2, 0) is 24.3 Å². The van der Waals surface area contributed by atoms with Gasteiger partial charge < -0.3 is 10.0 Å². The van der Waals surface area contributed by atoms with Crippen LogP contribution in [0.15, 0.2) is 0 Å². The average molecular weight is 325 g/mol. The Bertz CT molecular complexity index is 523. The minimum absolute atomic E-state index is 0.0903. The number of hydrogen-bond donors (Lipinski definition) is 3. The SMILES string of the molecule is O=C(NOCCO)[C@H]1CC[C@H]2CN1C(=O)N2OS(=O)(=O)O. The van der Waals surface area contributed by atoms with Crippen molar-refractivity contribution in [1.29, 1.82) is 0 Å². The molecule has 0 aliphatic carbocycles. The van der Waals surface area contributed by atoms with E-state index < -0.39 is 34.4 Å². The molecule has 12 heteroatoms. The van der Waals surface area contributed by atoms with Gasteiger partial charge in [0.15, 0.2) is 0 Å². The predicted molar refractivity (Wildman–Crippen MR) is 64.6 cm³/mol. The van der Waals surface area contributed by atoms with Crippen molar-refractivity contribution in [3.8, 4) is 0 Å². The molecule has 0 saturated carbocycles. The third-order valence-electron chi connectivity index (χ3n) is 3.17. The number of amides is 3. The zero-order valence-corrected chi connectivity index (χ0v) is 11.7. The van der Waals surface area contributed by atoms with E-state index in [0.717, 1.165) is 4.90 Å². The van der Waals surface area contributed by atoms with E-state index in [1.807, 2.05) is 0 Å². The molecule has 2 rings (SSSR count). The molecule has 0 aromatic rings. The van der Waals surface area contributed by atoms with Gasteiger partial charge in [-0.05, 0) is 12.8 Å². The zero-order valence-electron chi connectivity index (χ0n) is 10.8. The zero-order chi connectivity index (χ0) is 15.6. The van der Waals surface area contributed by atoms with Crippen LogP contribution < -0.4 is 5.48 Å². The largest absolute Gasteiger partial charge is 0.418 e. The van der Waals surface area contributed by atoms with Crippen molar-refractivity contribution in [3.05, 3.63) is 0 Å². The topological polar surface area (TPSA) is 146 Å². The van der Waals surface area contributed by atoms with E-state index in [-0.39, 0.29) is 26.2 Å². The lowest BCUT2D eigenvalue weighted by Gasteiger charge is -2.28. The van der Waals surface area contributed by atoms with Crippen molar-refractivity contribution in [3.63, 3.8) is 0 Å². The van der Waals surface area contributed by atoms with Gasteiger partial charge in [-0.2, -0.15) is 13.5 Å². The van der Waals surface area contributed by atoms with Crippen molar-refractivity contribution in [1.82, 2.24) is 15.4 Å². The number of piperidine rings is 1. The number of carbonyl (C=O) groups is 2.